The van der Waals surface area contributed by atoms with Crippen molar-refractivity contribution >= 4 is 12.9 Å². The van der Waals surface area contributed by atoms with Crippen LogP contribution in [0.3, 0.4) is 0 Å². The van der Waals surface area contributed by atoms with Gasteiger partial charge in [0.1, 0.15) is 5.69 Å². The van der Waals surface area contributed by atoms with E-state index in [9.17, 15) is 29.4 Å². The molecule has 0 spiro atoms. The summed E-state index contributed by atoms with van der Waals surface area (Å²) in [5.74, 6) is -0.240. The summed E-state index contributed by atoms with van der Waals surface area (Å²) in [5, 5.41) is 20.6. The summed E-state index contributed by atoms with van der Waals surface area (Å²) >= 11 is 0. The molecular weight excluding hydrogens is 447 g/mol. The fraction of sp³-hybridized carbons (Fsp3) is 0.348. The van der Waals surface area contributed by atoms with Crippen LogP contribution in [0.25, 0.3) is 5.69 Å². The molecule has 9 nitrogen and oxygen atoms in total. The number of aliphatic hydroxyl groups is 1. The van der Waals surface area contributed by atoms with E-state index < -0.39 is 19.4 Å². The van der Waals surface area contributed by atoms with E-state index >= 15 is 0 Å². The number of unbranched alkanes of at least 4 members (excludes halogenated alkanes) is 1. The topological polar surface area (TPSA) is 134 Å². The van der Waals surface area contributed by atoms with Gasteiger partial charge < -0.3 is 24.7 Å². The summed E-state index contributed by atoms with van der Waals surface area (Å²) in [6, 6.07) is 12.8. The van der Waals surface area contributed by atoms with Gasteiger partial charge in [-0.05, 0) is 41.8 Å². The summed E-state index contributed by atoms with van der Waals surface area (Å²) in [5.41, 5.74) is 1.61. The lowest BCUT2D eigenvalue weighted by Crippen LogP contribution is -2.22. The standard InChI is InChI=1S/C23H29N2O7P/c1-3-4-8-21(26)17-9-11-18(12-10-17)25-20(22(27)24(2)23(25)28)15-32-14-16-6-5-7-19(13-16)33(29,30)31/h5-7,9-13,21,26-27H,3-4,8,14-15H2,1-2H3,(H2,29,30,31). The molecule has 3 aromatic rings. The normalized spacial score (nSPS) is 12.8. The number of aromatic nitrogens is 2. The second-order valence-corrected chi connectivity index (χ2v) is 9.51. The molecule has 178 valence electrons. The highest BCUT2D eigenvalue weighted by atomic mass is 31.2. The molecule has 0 saturated heterocycles. The van der Waals surface area contributed by atoms with Crippen LogP contribution in [0.1, 0.15) is 49.1 Å². The summed E-state index contributed by atoms with van der Waals surface area (Å²) in [6.45, 7) is 1.98. The Kier molecular flexibility index (Phi) is 7.94. The van der Waals surface area contributed by atoms with Crippen LogP contribution in [0.5, 0.6) is 5.88 Å². The average Bonchev–Trinajstić information content (AvgIpc) is 3.01. The van der Waals surface area contributed by atoms with Crippen molar-refractivity contribution in [1.29, 1.82) is 0 Å². The number of imidazole rings is 1. The summed E-state index contributed by atoms with van der Waals surface area (Å²) in [7, 11) is -2.93. The zero-order chi connectivity index (χ0) is 24.2. The number of ether oxygens (including phenoxy) is 1. The van der Waals surface area contributed by atoms with Crippen molar-refractivity contribution in [3.05, 3.63) is 75.8 Å². The van der Waals surface area contributed by atoms with Gasteiger partial charge in [-0.3, -0.25) is 13.7 Å². The smallest absolute Gasteiger partial charge is 0.356 e. The molecule has 1 atom stereocenters. The van der Waals surface area contributed by atoms with E-state index in [0.717, 1.165) is 23.0 Å². The van der Waals surface area contributed by atoms with Gasteiger partial charge in [0.15, 0.2) is 0 Å². The van der Waals surface area contributed by atoms with Gasteiger partial charge in [-0.2, -0.15) is 0 Å². The molecule has 0 saturated carbocycles. The van der Waals surface area contributed by atoms with Crippen molar-refractivity contribution in [2.75, 3.05) is 0 Å². The van der Waals surface area contributed by atoms with Crippen LogP contribution in [-0.2, 0) is 29.6 Å². The third-order valence-electron chi connectivity index (χ3n) is 5.45. The minimum Gasteiger partial charge on any atom is -0.493 e. The number of aromatic hydroxyl groups is 1. The number of benzene rings is 2. The maximum absolute atomic E-state index is 12.7. The van der Waals surface area contributed by atoms with Crippen LogP contribution in [-0.4, -0.2) is 29.1 Å². The quantitative estimate of drug-likeness (QED) is 0.331. The maximum atomic E-state index is 12.7. The molecule has 1 heterocycles. The van der Waals surface area contributed by atoms with Crippen LogP contribution in [0, 0.1) is 0 Å². The Morgan fingerprint density at radius 1 is 1.09 bits per heavy atom. The Morgan fingerprint density at radius 3 is 2.42 bits per heavy atom. The molecule has 1 aromatic heterocycles. The Morgan fingerprint density at radius 2 is 1.79 bits per heavy atom. The SMILES string of the molecule is CCCCC(O)c1ccc(-n2c(COCc3cccc(P(=O)(O)O)c3)c(O)n(C)c2=O)cc1. The van der Waals surface area contributed by atoms with Crippen LogP contribution in [0.4, 0.5) is 0 Å². The molecule has 0 aliphatic heterocycles. The van der Waals surface area contributed by atoms with E-state index in [1.165, 1.54) is 29.8 Å². The fourth-order valence-electron chi connectivity index (χ4n) is 3.55. The van der Waals surface area contributed by atoms with Crippen LogP contribution >= 0.6 is 7.60 Å². The third-order valence-corrected chi connectivity index (χ3v) is 6.40. The van der Waals surface area contributed by atoms with Crippen LogP contribution < -0.4 is 11.0 Å². The van der Waals surface area contributed by atoms with Gasteiger partial charge in [-0.15, -0.1) is 0 Å². The van der Waals surface area contributed by atoms with E-state index in [0.29, 0.717) is 17.7 Å². The van der Waals surface area contributed by atoms with Gasteiger partial charge in [0.05, 0.1) is 30.3 Å². The molecule has 0 radical (unpaired) electrons. The number of hydrogen-bond acceptors (Lipinski definition) is 5. The van der Waals surface area contributed by atoms with Gasteiger partial charge in [0, 0.05) is 7.05 Å². The molecule has 4 N–H and O–H groups in total. The van der Waals surface area contributed by atoms with E-state index in [2.05, 4.69) is 6.92 Å². The van der Waals surface area contributed by atoms with Gasteiger partial charge >= 0.3 is 13.3 Å². The lowest BCUT2D eigenvalue weighted by Gasteiger charge is -2.13. The first-order chi connectivity index (χ1) is 15.6. The molecule has 0 aliphatic carbocycles. The molecular formula is C23H29N2O7P. The van der Waals surface area contributed by atoms with E-state index in [1.807, 2.05) is 0 Å². The fourth-order valence-corrected chi connectivity index (χ4v) is 4.16. The lowest BCUT2D eigenvalue weighted by molar-refractivity contribution is 0.101. The molecule has 1 unspecified atom stereocenters. The van der Waals surface area contributed by atoms with E-state index in [-0.39, 0.29) is 30.1 Å². The molecule has 0 aliphatic rings. The van der Waals surface area contributed by atoms with Crippen LogP contribution in [0.2, 0.25) is 0 Å². The highest BCUT2D eigenvalue weighted by Gasteiger charge is 2.20. The van der Waals surface area contributed by atoms with Gasteiger partial charge in [-0.25, -0.2) is 4.79 Å². The van der Waals surface area contributed by atoms with Crippen molar-refractivity contribution in [1.82, 2.24) is 9.13 Å². The summed E-state index contributed by atoms with van der Waals surface area (Å²) in [4.78, 5) is 31.4. The minimum atomic E-state index is -4.37. The van der Waals surface area contributed by atoms with E-state index in [4.69, 9.17) is 4.74 Å². The second-order valence-electron chi connectivity index (χ2n) is 7.90. The van der Waals surface area contributed by atoms with Crippen molar-refractivity contribution in [3.8, 4) is 11.6 Å². The first-order valence-corrected chi connectivity index (χ1v) is 12.3. The Labute approximate surface area is 191 Å². The minimum absolute atomic E-state index is 0.0267. The highest BCUT2D eigenvalue weighted by molar-refractivity contribution is 7.60. The summed E-state index contributed by atoms with van der Waals surface area (Å²) in [6.07, 6.45) is 1.98. The number of nitrogens with zero attached hydrogens (tertiary/aromatic N) is 2. The molecule has 10 heteroatoms. The number of aliphatic hydroxyl groups excluding tert-OH is 1. The average molecular weight is 476 g/mol. The Bertz CT molecular complexity index is 1190. The van der Waals surface area contributed by atoms with Crippen LogP contribution in [0.15, 0.2) is 53.3 Å². The van der Waals surface area contributed by atoms with Crippen molar-refractivity contribution in [2.24, 2.45) is 7.05 Å². The first kappa shape index (κ1) is 25.0. The van der Waals surface area contributed by atoms with Gasteiger partial charge in [0.2, 0.25) is 5.88 Å². The third kappa shape index (κ3) is 5.82. The molecule has 3 rings (SSSR count). The number of rotatable bonds is 10. The first-order valence-electron chi connectivity index (χ1n) is 10.6. The maximum Gasteiger partial charge on any atom is 0.356 e. The summed E-state index contributed by atoms with van der Waals surface area (Å²) < 4.78 is 19.6. The van der Waals surface area contributed by atoms with Gasteiger partial charge in [0.25, 0.3) is 0 Å². The van der Waals surface area contributed by atoms with Crippen molar-refractivity contribution in [3.63, 3.8) is 0 Å². The molecule has 33 heavy (non-hydrogen) atoms. The Hall–Kier alpha value is -2.68. The zero-order valence-corrected chi connectivity index (χ0v) is 19.5. The van der Waals surface area contributed by atoms with Crippen molar-refractivity contribution in [2.45, 2.75) is 45.5 Å². The van der Waals surface area contributed by atoms with Gasteiger partial charge in [-0.1, -0.05) is 44.0 Å². The monoisotopic (exact) mass is 476 g/mol. The Balaban J connectivity index is 1.80. The largest absolute Gasteiger partial charge is 0.493 e. The highest BCUT2D eigenvalue weighted by Crippen LogP contribution is 2.33. The second kappa shape index (κ2) is 10.5. The lowest BCUT2D eigenvalue weighted by atomic mass is 10.0. The predicted octanol–water partition coefficient (Wildman–Crippen LogP) is 2.63. The zero-order valence-electron chi connectivity index (χ0n) is 18.6. The number of hydrogen-bond donors (Lipinski definition) is 4. The molecule has 0 fully saturated rings. The van der Waals surface area contributed by atoms with Crippen molar-refractivity contribution < 1.29 is 29.3 Å². The molecule has 0 amide bonds. The molecule has 2 aromatic carbocycles. The van der Waals surface area contributed by atoms with E-state index in [1.54, 1.807) is 30.3 Å². The molecule has 0 bridgehead atoms. The predicted molar refractivity (Wildman–Crippen MR) is 124 cm³/mol.